The molecule has 1 unspecified atom stereocenters. The first kappa shape index (κ1) is 18.0. The van der Waals surface area contributed by atoms with E-state index in [4.69, 9.17) is 8.83 Å². The number of amides is 1. The molecule has 0 aromatic carbocycles. The van der Waals surface area contributed by atoms with Gasteiger partial charge in [-0.25, -0.2) is 4.98 Å². The van der Waals surface area contributed by atoms with Gasteiger partial charge in [0.25, 0.3) is 0 Å². The van der Waals surface area contributed by atoms with E-state index in [0.29, 0.717) is 6.54 Å². The fraction of sp³-hybridized carbons (Fsp3) is 0.400. The van der Waals surface area contributed by atoms with Gasteiger partial charge in [-0.1, -0.05) is 6.42 Å². The maximum atomic E-state index is 12.4. The minimum absolute atomic E-state index is 0.0279. The second kappa shape index (κ2) is 8.54. The van der Waals surface area contributed by atoms with E-state index in [1.54, 1.807) is 12.5 Å². The summed E-state index contributed by atoms with van der Waals surface area (Å²) in [5.74, 6) is 1.61. The highest BCUT2D eigenvalue weighted by atomic mass is 32.1. The Labute approximate surface area is 162 Å². The monoisotopic (exact) mass is 385 g/mol. The van der Waals surface area contributed by atoms with Crippen molar-refractivity contribution in [2.75, 3.05) is 19.6 Å². The molecule has 1 aliphatic rings. The summed E-state index contributed by atoms with van der Waals surface area (Å²) in [6.07, 6.45) is 7.24. The van der Waals surface area contributed by atoms with Gasteiger partial charge in [0, 0.05) is 11.9 Å². The number of thiazole rings is 1. The van der Waals surface area contributed by atoms with Gasteiger partial charge in [-0.2, -0.15) is 0 Å². The van der Waals surface area contributed by atoms with Crippen molar-refractivity contribution in [3.8, 4) is 10.8 Å². The minimum atomic E-state index is -0.0279. The molecule has 1 amide bonds. The van der Waals surface area contributed by atoms with Crippen LogP contribution < -0.4 is 5.32 Å². The first-order chi connectivity index (χ1) is 13.3. The molecule has 6 nitrogen and oxygen atoms in total. The van der Waals surface area contributed by atoms with Crippen LogP contribution in [-0.2, 0) is 11.2 Å². The molecule has 1 aliphatic heterocycles. The number of aromatic nitrogens is 1. The Balaban J connectivity index is 1.35. The second-order valence-corrected chi connectivity index (χ2v) is 7.59. The lowest BCUT2D eigenvalue weighted by Crippen LogP contribution is -2.40. The summed E-state index contributed by atoms with van der Waals surface area (Å²) in [4.78, 5) is 19.3. The third-order valence-corrected chi connectivity index (χ3v) is 5.73. The molecule has 1 N–H and O–H groups in total. The van der Waals surface area contributed by atoms with Gasteiger partial charge in [-0.3, -0.25) is 9.69 Å². The number of hydrogen-bond acceptors (Lipinski definition) is 6. The fourth-order valence-electron chi connectivity index (χ4n) is 3.46. The van der Waals surface area contributed by atoms with Crippen LogP contribution in [0.1, 0.15) is 36.8 Å². The largest absolute Gasteiger partial charge is 0.468 e. The molecule has 27 heavy (non-hydrogen) atoms. The third kappa shape index (κ3) is 4.48. The van der Waals surface area contributed by atoms with Gasteiger partial charge < -0.3 is 14.2 Å². The SMILES string of the molecule is O=C(Cc1csc(-c2ccco2)n1)NCC(c1ccco1)N1CCCCC1. The smallest absolute Gasteiger partial charge is 0.226 e. The van der Waals surface area contributed by atoms with E-state index in [-0.39, 0.29) is 18.4 Å². The molecule has 0 saturated carbocycles. The van der Waals surface area contributed by atoms with Gasteiger partial charge >= 0.3 is 0 Å². The summed E-state index contributed by atoms with van der Waals surface area (Å²) in [5, 5.41) is 5.77. The summed E-state index contributed by atoms with van der Waals surface area (Å²) in [5.41, 5.74) is 0.761. The molecule has 7 heteroatoms. The Bertz CT molecular complexity index is 836. The lowest BCUT2D eigenvalue weighted by Gasteiger charge is -2.33. The zero-order chi connectivity index (χ0) is 18.5. The van der Waals surface area contributed by atoms with Gasteiger partial charge in [-0.15, -0.1) is 11.3 Å². The van der Waals surface area contributed by atoms with Crippen LogP contribution in [-0.4, -0.2) is 35.4 Å². The van der Waals surface area contributed by atoms with Gasteiger partial charge in [0.2, 0.25) is 5.91 Å². The first-order valence-electron chi connectivity index (χ1n) is 9.32. The van der Waals surface area contributed by atoms with Crippen molar-refractivity contribution in [2.45, 2.75) is 31.7 Å². The van der Waals surface area contributed by atoms with Crippen LogP contribution in [0.5, 0.6) is 0 Å². The first-order valence-corrected chi connectivity index (χ1v) is 10.2. The van der Waals surface area contributed by atoms with E-state index in [0.717, 1.165) is 35.3 Å². The van der Waals surface area contributed by atoms with Crippen molar-refractivity contribution in [2.24, 2.45) is 0 Å². The molecule has 4 rings (SSSR count). The molecule has 4 heterocycles. The highest BCUT2D eigenvalue weighted by Crippen LogP contribution is 2.25. The predicted molar refractivity (Wildman–Crippen MR) is 103 cm³/mol. The molecular weight excluding hydrogens is 362 g/mol. The molecule has 0 spiro atoms. The zero-order valence-corrected chi connectivity index (χ0v) is 15.9. The number of piperidine rings is 1. The molecule has 0 bridgehead atoms. The van der Waals surface area contributed by atoms with E-state index >= 15 is 0 Å². The van der Waals surface area contributed by atoms with Crippen LogP contribution in [0.3, 0.4) is 0 Å². The normalized spacial score (nSPS) is 16.3. The van der Waals surface area contributed by atoms with Crippen LogP contribution in [0.4, 0.5) is 0 Å². The fourth-order valence-corrected chi connectivity index (χ4v) is 4.25. The van der Waals surface area contributed by atoms with Crippen molar-refractivity contribution < 1.29 is 13.6 Å². The molecular formula is C20H23N3O3S. The Morgan fingerprint density at radius 1 is 1.19 bits per heavy atom. The average Bonchev–Trinajstić information content (AvgIpc) is 3.45. The molecule has 0 radical (unpaired) electrons. The lowest BCUT2D eigenvalue weighted by molar-refractivity contribution is -0.120. The number of furan rings is 2. The van der Waals surface area contributed by atoms with Gasteiger partial charge in [-0.05, 0) is 50.2 Å². The summed E-state index contributed by atoms with van der Waals surface area (Å²) >= 11 is 1.49. The van der Waals surface area contributed by atoms with Crippen LogP contribution >= 0.6 is 11.3 Å². The number of likely N-dealkylation sites (tertiary alicyclic amines) is 1. The molecule has 3 aromatic rings. The average molecular weight is 385 g/mol. The summed E-state index contributed by atoms with van der Waals surface area (Å²) in [6.45, 7) is 2.63. The van der Waals surface area contributed by atoms with Gasteiger partial charge in [0.15, 0.2) is 10.8 Å². The summed E-state index contributed by atoms with van der Waals surface area (Å²) < 4.78 is 11.0. The van der Waals surface area contributed by atoms with Crippen LogP contribution in [0, 0.1) is 0 Å². The van der Waals surface area contributed by atoms with Gasteiger partial charge in [0.05, 0.1) is 30.7 Å². The number of rotatable bonds is 7. The Morgan fingerprint density at radius 3 is 2.74 bits per heavy atom. The van der Waals surface area contributed by atoms with E-state index in [1.165, 1.54) is 30.6 Å². The van der Waals surface area contributed by atoms with Crippen LogP contribution in [0.2, 0.25) is 0 Å². The standard InChI is InChI=1S/C20H23N3O3S/c24-19(12-15-14-27-20(22-15)18-7-5-11-26-18)21-13-16(17-6-4-10-25-17)23-8-2-1-3-9-23/h4-7,10-11,14,16H,1-3,8-9,12-13H2,(H,21,24). The van der Waals surface area contributed by atoms with Crippen LogP contribution in [0.25, 0.3) is 10.8 Å². The number of hydrogen-bond donors (Lipinski definition) is 1. The van der Waals surface area contributed by atoms with E-state index < -0.39 is 0 Å². The van der Waals surface area contributed by atoms with Gasteiger partial charge in [0.1, 0.15) is 5.76 Å². The maximum absolute atomic E-state index is 12.4. The highest BCUT2D eigenvalue weighted by Gasteiger charge is 2.25. The van der Waals surface area contributed by atoms with Crippen molar-refractivity contribution in [3.05, 3.63) is 53.6 Å². The topological polar surface area (TPSA) is 71.5 Å². The number of carbonyl (C=O) groups excluding carboxylic acids is 1. The number of nitrogens with zero attached hydrogens (tertiary/aromatic N) is 2. The summed E-state index contributed by atoms with van der Waals surface area (Å²) in [7, 11) is 0. The molecule has 142 valence electrons. The molecule has 0 aliphatic carbocycles. The molecule has 1 saturated heterocycles. The zero-order valence-electron chi connectivity index (χ0n) is 15.1. The van der Waals surface area contributed by atoms with Crippen molar-refractivity contribution >= 4 is 17.2 Å². The lowest BCUT2D eigenvalue weighted by atomic mass is 10.1. The number of nitrogens with one attached hydrogen (secondary N) is 1. The van der Waals surface area contributed by atoms with E-state index in [9.17, 15) is 4.79 Å². The van der Waals surface area contributed by atoms with Crippen molar-refractivity contribution in [1.82, 2.24) is 15.2 Å². The number of carbonyl (C=O) groups is 1. The Kier molecular flexibility index (Phi) is 5.69. The summed E-state index contributed by atoms with van der Waals surface area (Å²) in [6, 6.07) is 7.67. The Morgan fingerprint density at radius 2 is 2.00 bits per heavy atom. The van der Waals surface area contributed by atoms with E-state index in [1.807, 2.05) is 29.6 Å². The Hall–Kier alpha value is -2.38. The van der Waals surface area contributed by atoms with Crippen molar-refractivity contribution in [1.29, 1.82) is 0 Å². The molecule has 3 aromatic heterocycles. The maximum Gasteiger partial charge on any atom is 0.226 e. The molecule has 1 fully saturated rings. The minimum Gasteiger partial charge on any atom is -0.468 e. The third-order valence-electron chi connectivity index (χ3n) is 4.82. The second-order valence-electron chi connectivity index (χ2n) is 6.73. The van der Waals surface area contributed by atoms with Crippen molar-refractivity contribution in [3.63, 3.8) is 0 Å². The quantitative estimate of drug-likeness (QED) is 0.668. The highest BCUT2D eigenvalue weighted by molar-refractivity contribution is 7.13. The van der Waals surface area contributed by atoms with Crippen LogP contribution in [0.15, 0.2) is 51.0 Å². The van der Waals surface area contributed by atoms with E-state index in [2.05, 4.69) is 15.2 Å². The molecule has 1 atom stereocenters. The predicted octanol–water partition coefficient (Wildman–Crippen LogP) is 3.88.